The molecule has 0 aliphatic carbocycles. The van der Waals surface area contributed by atoms with Crippen molar-refractivity contribution in [2.24, 2.45) is 0 Å². The lowest BCUT2D eigenvalue weighted by atomic mass is 10.0. The van der Waals surface area contributed by atoms with Gasteiger partial charge in [0.2, 0.25) is 0 Å². The lowest BCUT2D eigenvalue weighted by Crippen LogP contribution is -2.10. The van der Waals surface area contributed by atoms with Crippen molar-refractivity contribution in [3.63, 3.8) is 0 Å². The molecule has 0 spiro atoms. The molecule has 0 N–H and O–H groups in total. The lowest BCUT2D eigenvalue weighted by Gasteiger charge is -2.14. The van der Waals surface area contributed by atoms with E-state index in [1.165, 1.54) is 18.2 Å². The fraction of sp³-hybridized carbons (Fsp3) is 0.263. The van der Waals surface area contributed by atoms with Gasteiger partial charge in [0, 0.05) is 10.6 Å². The predicted octanol–water partition coefficient (Wildman–Crippen LogP) is 4.81. The number of benzene rings is 2. The second-order valence-corrected chi connectivity index (χ2v) is 5.69. The standard InChI is InChI=1S/C19H17ClFNO3/c1-3-13-5-6-14(9-17(23)24-4-2)18(21)19(13)25-16-8-12(11-22)7-15(20)10-16/h5-8,10H,3-4,9H2,1-2H3. The minimum Gasteiger partial charge on any atom is -0.466 e. The average Bonchev–Trinajstić information content (AvgIpc) is 2.58. The normalized spacial score (nSPS) is 10.2. The Kier molecular flexibility index (Phi) is 6.37. The van der Waals surface area contributed by atoms with E-state index in [9.17, 15) is 9.18 Å². The minimum absolute atomic E-state index is 0.0236. The quantitative estimate of drug-likeness (QED) is 0.693. The summed E-state index contributed by atoms with van der Waals surface area (Å²) in [5, 5.41) is 9.33. The highest BCUT2D eigenvalue weighted by Gasteiger charge is 2.18. The van der Waals surface area contributed by atoms with Crippen molar-refractivity contribution >= 4 is 17.6 Å². The van der Waals surface area contributed by atoms with Crippen molar-refractivity contribution < 1.29 is 18.7 Å². The van der Waals surface area contributed by atoms with Crippen molar-refractivity contribution in [2.45, 2.75) is 26.7 Å². The van der Waals surface area contributed by atoms with Gasteiger partial charge in [0.05, 0.1) is 24.7 Å². The maximum absolute atomic E-state index is 14.9. The minimum atomic E-state index is -0.620. The summed E-state index contributed by atoms with van der Waals surface area (Å²) in [6, 6.07) is 9.70. The van der Waals surface area contributed by atoms with E-state index in [2.05, 4.69) is 0 Å². The molecule has 2 rings (SSSR count). The summed E-state index contributed by atoms with van der Waals surface area (Å²) in [6.45, 7) is 3.79. The van der Waals surface area contributed by atoms with Crippen molar-refractivity contribution in [3.05, 3.63) is 57.9 Å². The molecule has 2 aromatic carbocycles. The van der Waals surface area contributed by atoms with Crippen LogP contribution in [0.1, 0.15) is 30.5 Å². The van der Waals surface area contributed by atoms with E-state index in [0.717, 1.165) is 0 Å². The summed E-state index contributed by atoms with van der Waals surface area (Å²) in [5.41, 5.74) is 1.14. The number of carbonyl (C=O) groups excluding carboxylic acids is 1. The first-order valence-electron chi connectivity index (χ1n) is 7.82. The molecule has 0 bridgehead atoms. The number of hydrogen-bond donors (Lipinski definition) is 0. The van der Waals surface area contributed by atoms with Crippen LogP contribution in [0, 0.1) is 17.1 Å². The molecule has 0 saturated carbocycles. The highest BCUT2D eigenvalue weighted by molar-refractivity contribution is 6.30. The first kappa shape index (κ1) is 18.8. The van der Waals surface area contributed by atoms with E-state index >= 15 is 0 Å². The summed E-state index contributed by atoms with van der Waals surface area (Å²) in [4.78, 5) is 11.6. The average molecular weight is 362 g/mol. The molecule has 0 unspecified atom stereocenters. The van der Waals surface area contributed by atoms with Gasteiger partial charge in [0.25, 0.3) is 0 Å². The maximum atomic E-state index is 14.9. The van der Waals surface area contributed by atoms with Gasteiger partial charge in [-0.1, -0.05) is 30.7 Å². The number of carbonyl (C=O) groups is 1. The van der Waals surface area contributed by atoms with Gasteiger partial charge in [-0.2, -0.15) is 5.26 Å². The third-order valence-corrected chi connectivity index (χ3v) is 3.72. The molecule has 0 aromatic heterocycles. The summed E-state index contributed by atoms with van der Waals surface area (Å²) in [7, 11) is 0. The van der Waals surface area contributed by atoms with Gasteiger partial charge in [-0.25, -0.2) is 4.39 Å². The predicted molar refractivity (Wildman–Crippen MR) is 92.4 cm³/mol. The zero-order chi connectivity index (χ0) is 18.4. The number of nitriles is 1. The van der Waals surface area contributed by atoms with Gasteiger partial charge in [-0.05, 0) is 37.1 Å². The molecule has 130 valence electrons. The van der Waals surface area contributed by atoms with E-state index < -0.39 is 11.8 Å². The molecule has 0 aliphatic rings. The molecule has 0 aliphatic heterocycles. The monoisotopic (exact) mass is 361 g/mol. The molecular weight excluding hydrogens is 345 g/mol. The van der Waals surface area contributed by atoms with Gasteiger partial charge >= 0.3 is 5.97 Å². The van der Waals surface area contributed by atoms with Crippen molar-refractivity contribution in [1.82, 2.24) is 0 Å². The highest BCUT2D eigenvalue weighted by Crippen LogP contribution is 2.33. The Morgan fingerprint density at radius 2 is 1.96 bits per heavy atom. The summed E-state index contributed by atoms with van der Waals surface area (Å²) >= 11 is 5.96. The van der Waals surface area contributed by atoms with Crippen molar-refractivity contribution in [2.75, 3.05) is 6.61 Å². The van der Waals surface area contributed by atoms with E-state index in [0.29, 0.717) is 22.6 Å². The van der Waals surface area contributed by atoms with Gasteiger partial charge in [-0.3, -0.25) is 4.79 Å². The molecule has 0 atom stereocenters. The van der Waals surface area contributed by atoms with Gasteiger partial charge in [0.1, 0.15) is 5.75 Å². The summed E-state index contributed by atoms with van der Waals surface area (Å²) in [5.74, 6) is -0.849. The molecule has 0 amide bonds. The van der Waals surface area contributed by atoms with Crippen molar-refractivity contribution in [1.29, 1.82) is 5.26 Å². The number of hydrogen-bond acceptors (Lipinski definition) is 4. The highest BCUT2D eigenvalue weighted by atomic mass is 35.5. The molecule has 6 heteroatoms. The topological polar surface area (TPSA) is 59.3 Å². The van der Waals surface area contributed by atoms with Crippen LogP contribution in [0.2, 0.25) is 5.02 Å². The maximum Gasteiger partial charge on any atom is 0.310 e. The van der Waals surface area contributed by atoms with Crippen LogP contribution in [0.5, 0.6) is 11.5 Å². The molecule has 2 aromatic rings. The van der Waals surface area contributed by atoms with E-state index in [1.54, 1.807) is 19.1 Å². The Balaban J connectivity index is 2.40. The molecule has 0 saturated heterocycles. The Labute approximate surface area is 150 Å². The van der Waals surface area contributed by atoms with Crippen molar-refractivity contribution in [3.8, 4) is 17.6 Å². The molecule has 0 radical (unpaired) electrons. The SMILES string of the molecule is CCOC(=O)Cc1ccc(CC)c(Oc2cc(Cl)cc(C#N)c2)c1F. The van der Waals surface area contributed by atoms with Gasteiger partial charge in [0.15, 0.2) is 11.6 Å². The Morgan fingerprint density at radius 3 is 2.60 bits per heavy atom. The molecule has 25 heavy (non-hydrogen) atoms. The molecule has 0 fully saturated rings. The van der Waals surface area contributed by atoms with E-state index in [-0.39, 0.29) is 30.1 Å². The van der Waals surface area contributed by atoms with Crippen LogP contribution in [0.3, 0.4) is 0 Å². The Hall–Kier alpha value is -2.58. The van der Waals surface area contributed by atoms with Crippen LogP contribution in [-0.2, 0) is 22.4 Å². The number of halogens is 2. The van der Waals surface area contributed by atoms with Gasteiger partial charge < -0.3 is 9.47 Å². The number of aryl methyl sites for hydroxylation is 1. The number of rotatable bonds is 6. The largest absolute Gasteiger partial charge is 0.466 e. The fourth-order valence-corrected chi connectivity index (χ4v) is 2.56. The number of esters is 1. The summed E-state index contributed by atoms with van der Waals surface area (Å²) in [6.07, 6.45) is 0.358. The molecule has 0 heterocycles. The van der Waals surface area contributed by atoms with Crippen LogP contribution >= 0.6 is 11.6 Å². The lowest BCUT2D eigenvalue weighted by molar-refractivity contribution is -0.142. The van der Waals surface area contributed by atoms with Crippen LogP contribution in [0.15, 0.2) is 30.3 Å². The number of nitrogens with zero attached hydrogens (tertiary/aromatic N) is 1. The Morgan fingerprint density at radius 1 is 1.24 bits per heavy atom. The first-order valence-corrected chi connectivity index (χ1v) is 8.20. The fourth-order valence-electron chi connectivity index (χ4n) is 2.33. The third-order valence-electron chi connectivity index (χ3n) is 3.50. The zero-order valence-corrected chi connectivity index (χ0v) is 14.7. The Bertz CT molecular complexity index is 830. The molecule has 4 nitrogen and oxygen atoms in total. The zero-order valence-electron chi connectivity index (χ0n) is 13.9. The second kappa shape index (κ2) is 8.50. The van der Waals surface area contributed by atoms with Crippen LogP contribution < -0.4 is 4.74 Å². The first-order chi connectivity index (χ1) is 12.0. The third kappa shape index (κ3) is 4.71. The number of ether oxygens (including phenoxy) is 2. The summed E-state index contributed by atoms with van der Waals surface area (Å²) < 4.78 is 25.4. The van der Waals surface area contributed by atoms with Gasteiger partial charge in [-0.15, -0.1) is 0 Å². The molecular formula is C19H17ClFNO3. The van der Waals surface area contributed by atoms with Crippen LogP contribution in [0.4, 0.5) is 4.39 Å². The smallest absolute Gasteiger partial charge is 0.310 e. The second-order valence-electron chi connectivity index (χ2n) is 5.25. The van der Waals surface area contributed by atoms with E-state index in [1.807, 2.05) is 13.0 Å². The van der Waals surface area contributed by atoms with Crippen LogP contribution in [-0.4, -0.2) is 12.6 Å². The van der Waals surface area contributed by atoms with E-state index in [4.69, 9.17) is 26.3 Å². The van der Waals surface area contributed by atoms with Crippen LogP contribution in [0.25, 0.3) is 0 Å².